The Kier molecular flexibility index (Phi) is 4.62. The maximum Gasteiger partial charge on any atom is 0.294 e. The van der Waals surface area contributed by atoms with E-state index in [4.69, 9.17) is 22.2 Å². The van der Waals surface area contributed by atoms with Crippen LogP contribution in [0.5, 0.6) is 5.75 Å². The molecule has 2 aromatic rings. The topological polar surface area (TPSA) is 90.4 Å². The summed E-state index contributed by atoms with van der Waals surface area (Å²) in [5.74, 6) is 5.88. The van der Waals surface area contributed by atoms with Gasteiger partial charge in [-0.05, 0) is 24.6 Å². The minimum atomic E-state index is -0.502. The highest BCUT2D eigenvalue weighted by atomic mass is 35.5. The number of nitrogens with two attached hydrogens (primary N) is 1. The van der Waals surface area contributed by atoms with Crippen LogP contribution in [0.1, 0.15) is 11.1 Å². The Hall–Kier alpha value is -2.31. The van der Waals surface area contributed by atoms with Crippen molar-refractivity contribution in [2.24, 2.45) is 5.84 Å². The minimum absolute atomic E-state index is 0.103. The number of nitro benzene ring substituents is 1. The van der Waals surface area contributed by atoms with Crippen molar-refractivity contribution in [1.29, 1.82) is 0 Å². The summed E-state index contributed by atoms with van der Waals surface area (Å²) in [7, 11) is 0. The first kappa shape index (κ1) is 15.1. The molecule has 0 amide bonds. The van der Waals surface area contributed by atoms with E-state index in [2.05, 4.69) is 5.43 Å². The van der Waals surface area contributed by atoms with Gasteiger partial charge in [-0.2, -0.15) is 0 Å². The van der Waals surface area contributed by atoms with Gasteiger partial charge in [0.1, 0.15) is 18.0 Å². The van der Waals surface area contributed by atoms with Crippen molar-refractivity contribution in [3.63, 3.8) is 0 Å². The third-order valence-corrected chi connectivity index (χ3v) is 3.24. The quantitative estimate of drug-likeness (QED) is 0.502. The highest BCUT2D eigenvalue weighted by molar-refractivity contribution is 6.32. The van der Waals surface area contributed by atoms with Gasteiger partial charge in [0.05, 0.1) is 9.95 Å². The molecule has 0 heterocycles. The first-order valence-corrected chi connectivity index (χ1v) is 6.52. The summed E-state index contributed by atoms with van der Waals surface area (Å²) in [5, 5.41) is 11.4. The minimum Gasteiger partial charge on any atom is -0.487 e. The van der Waals surface area contributed by atoms with Crippen molar-refractivity contribution in [3.8, 4) is 5.75 Å². The van der Waals surface area contributed by atoms with E-state index in [1.54, 1.807) is 24.3 Å². The van der Waals surface area contributed by atoms with E-state index in [-0.39, 0.29) is 18.0 Å². The van der Waals surface area contributed by atoms with Crippen LogP contribution in [0, 0.1) is 17.0 Å². The summed E-state index contributed by atoms with van der Waals surface area (Å²) < 4.78 is 5.60. The Morgan fingerprint density at radius 3 is 2.76 bits per heavy atom. The van der Waals surface area contributed by atoms with Crippen molar-refractivity contribution >= 4 is 23.0 Å². The standard InChI is InChI=1S/C14H14ClN3O3/c1-9-5-6-13(11(15)7-9)21-8-10-3-2-4-12(18(19)20)14(10)17-16/h2-7,17H,8,16H2,1H3. The maximum atomic E-state index is 10.9. The van der Waals surface area contributed by atoms with Gasteiger partial charge in [0.2, 0.25) is 0 Å². The molecule has 0 unspecified atom stereocenters. The molecule has 7 heteroatoms. The number of anilines is 1. The van der Waals surface area contributed by atoms with Crippen LogP contribution in [0.15, 0.2) is 36.4 Å². The van der Waals surface area contributed by atoms with Gasteiger partial charge in [-0.25, -0.2) is 0 Å². The maximum absolute atomic E-state index is 10.9. The lowest BCUT2D eigenvalue weighted by molar-refractivity contribution is -0.384. The number of halogens is 1. The number of hydrogen-bond donors (Lipinski definition) is 2. The lowest BCUT2D eigenvalue weighted by Crippen LogP contribution is -2.12. The molecule has 0 aromatic heterocycles. The Morgan fingerprint density at radius 1 is 1.38 bits per heavy atom. The molecule has 2 aromatic carbocycles. The van der Waals surface area contributed by atoms with E-state index in [0.29, 0.717) is 16.3 Å². The van der Waals surface area contributed by atoms with Crippen LogP contribution in [0.4, 0.5) is 11.4 Å². The van der Waals surface area contributed by atoms with Crippen LogP contribution in [-0.4, -0.2) is 4.92 Å². The predicted molar refractivity (Wildman–Crippen MR) is 81.4 cm³/mol. The van der Waals surface area contributed by atoms with Crippen molar-refractivity contribution in [2.45, 2.75) is 13.5 Å². The highest BCUT2D eigenvalue weighted by Crippen LogP contribution is 2.30. The number of hydrogen-bond acceptors (Lipinski definition) is 5. The van der Waals surface area contributed by atoms with E-state index in [1.807, 2.05) is 13.0 Å². The molecule has 0 bridgehead atoms. The summed E-state index contributed by atoms with van der Waals surface area (Å²) in [4.78, 5) is 10.4. The second kappa shape index (κ2) is 6.43. The number of benzene rings is 2. The number of nitrogen functional groups attached to an aromatic ring is 1. The van der Waals surface area contributed by atoms with Crippen LogP contribution in [0.25, 0.3) is 0 Å². The number of rotatable bonds is 5. The van der Waals surface area contributed by atoms with Crippen LogP contribution in [0.2, 0.25) is 5.02 Å². The Morgan fingerprint density at radius 2 is 2.14 bits per heavy atom. The Labute approximate surface area is 126 Å². The van der Waals surface area contributed by atoms with Crippen molar-refractivity contribution in [2.75, 3.05) is 5.43 Å². The molecule has 0 atom stereocenters. The van der Waals surface area contributed by atoms with Gasteiger partial charge < -0.3 is 10.2 Å². The molecule has 0 radical (unpaired) electrons. The molecule has 6 nitrogen and oxygen atoms in total. The number of aryl methyl sites for hydroxylation is 1. The molecule has 0 spiro atoms. The normalized spacial score (nSPS) is 10.2. The van der Waals surface area contributed by atoms with Gasteiger partial charge in [0.25, 0.3) is 5.69 Å². The fraction of sp³-hybridized carbons (Fsp3) is 0.143. The third-order valence-electron chi connectivity index (χ3n) is 2.94. The number of ether oxygens (including phenoxy) is 1. The van der Waals surface area contributed by atoms with Crippen LogP contribution < -0.4 is 16.0 Å². The van der Waals surface area contributed by atoms with Gasteiger partial charge in [0, 0.05) is 11.6 Å². The van der Waals surface area contributed by atoms with Gasteiger partial charge in [0.15, 0.2) is 0 Å². The number of nitrogens with zero attached hydrogens (tertiary/aromatic N) is 1. The average molecular weight is 308 g/mol. The molecule has 0 aliphatic carbocycles. The molecule has 2 rings (SSSR count). The molecule has 0 fully saturated rings. The molecular weight excluding hydrogens is 294 g/mol. The third kappa shape index (κ3) is 3.42. The summed E-state index contributed by atoms with van der Waals surface area (Å²) in [6.07, 6.45) is 0. The van der Waals surface area contributed by atoms with Gasteiger partial charge in [-0.3, -0.25) is 16.0 Å². The number of nitro groups is 1. The smallest absolute Gasteiger partial charge is 0.294 e. The summed E-state index contributed by atoms with van der Waals surface area (Å²) in [5.41, 5.74) is 4.07. The monoisotopic (exact) mass is 307 g/mol. The van der Waals surface area contributed by atoms with Crippen molar-refractivity contribution in [3.05, 3.63) is 62.7 Å². The zero-order valence-corrected chi connectivity index (χ0v) is 12.1. The SMILES string of the molecule is Cc1ccc(OCc2cccc([N+](=O)[O-])c2NN)c(Cl)c1. The van der Waals surface area contributed by atoms with E-state index >= 15 is 0 Å². The van der Waals surface area contributed by atoms with E-state index < -0.39 is 4.92 Å². The van der Waals surface area contributed by atoms with Gasteiger partial charge >= 0.3 is 0 Å². The lowest BCUT2D eigenvalue weighted by atomic mass is 10.1. The second-order valence-corrected chi connectivity index (χ2v) is 4.84. The molecule has 0 saturated carbocycles. The van der Waals surface area contributed by atoms with Crippen molar-refractivity contribution in [1.82, 2.24) is 0 Å². The van der Waals surface area contributed by atoms with Crippen molar-refractivity contribution < 1.29 is 9.66 Å². The van der Waals surface area contributed by atoms with E-state index in [0.717, 1.165) is 5.56 Å². The number of hydrazine groups is 1. The first-order valence-electron chi connectivity index (χ1n) is 6.14. The largest absolute Gasteiger partial charge is 0.487 e. The zero-order chi connectivity index (χ0) is 15.4. The Balaban J connectivity index is 2.24. The summed E-state index contributed by atoms with van der Waals surface area (Å²) >= 11 is 6.08. The van der Waals surface area contributed by atoms with Gasteiger partial charge in [-0.1, -0.05) is 29.8 Å². The van der Waals surface area contributed by atoms with E-state index in [9.17, 15) is 10.1 Å². The molecule has 110 valence electrons. The average Bonchev–Trinajstić information content (AvgIpc) is 2.45. The molecular formula is C14H14ClN3O3. The molecule has 0 aliphatic heterocycles. The fourth-order valence-corrected chi connectivity index (χ4v) is 2.19. The number of nitrogens with one attached hydrogen (secondary N) is 1. The molecule has 21 heavy (non-hydrogen) atoms. The molecule has 0 saturated heterocycles. The summed E-state index contributed by atoms with van der Waals surface area (Å²) in [6, 6.07) is 10.1. The zero-order valence-electron chi connectivity index (χ0n) is 11.3. The second-order valence-electron chi connectivity index (χ2n) is 4.44. The molecule has 3 N–H and O–H groups in total. The van der Waals surface area contributed by atoms with Crippen LogP contribution >= 0.6 is 11.6 Å². The first-order chi connectivity index (χ1) is 10.0. The predicted octanol–water partition coefficient (Wildman–Crippen LogP) is 3.42. The van der Waals surface area contributed by atoms with Gasteiger partial charge in [-0.15, -0.1) is 0 Å². The van der Waals surface area contributed by atoms with Crippen LogP contribution in [0.3, 0.4) is 0 Å². The van der Waals surface area contributed by atoms with Crippen LogP contribution in [-0.2, 0) is 6.61 Å². The Bertz CT molecular complexity index is 677. The molecule has 0 aliphatic rings. The number of para-hydroxylation sites is 1. The van der Waals surface area contributed by atoms with E-state index in [1.165, 1.54) is 6.07 Å². The summed E-state index contributed by atoms with van der Waals surface area (Å²) in [6.45, 7) is 2.04. The lowest BCUT2D eigenvalue weighted by Gasteiger charge is -2.12. The highest BCUT2D eigenvalue weighted by Gasteiger charge is 2.17. The fourth-order valence-electron chi connectivity index (χ4n) is 1.90.